The van der Waals surface area contributed by atoms with Gasteiger partial charge in [-0.25, -0.2) is 9.79 Å². The van der Waals surface area contributed by atoms with Crippen LogP contribution in [0, 0.1) is 0 Å². The normalized spacial score (nSPS) is 21.7. The fraction of sp³-hybridized carbons (Fsp3) is 0.471. The van der Waals surface area contributed by atoms with Crippen molar-refractivity contribution in [2.75, 3.05) is 7.05 Å². The number of hydrogen-bond acceptors (Lipinski definition) is 4. The van der Waals surface area contributed by atoms with Crippen LogP contribution in [0.25, 0.3) is 0 Å². The number of amides is 2. The molecule has 6 nitrogen and oxygen atoms in total. The molecule has 0 aliphatic carbocycles. The molecule has 6 heteroatoms. The van der Waals surface area contributed by atoms with Crippen molar-refractivity contribution in [3.05, 3.63) is 35.9 Å². The SMILES string of the molecule is CN1C(=O)C[C@@](C)(c2ccccc2)N=C1NC(=O)OC(C)(C)C. The predicted octanol–water partition coefficient (Wildman–Crippen LogP) is 2.64. The number of hydrogen-bond donors (Lipinski definition) is 1. The smallest absolute Gasteiger partial charge is 0.414 e. The third-order valence-corrected chi connectivity index (χ3v) is 3.55. The molecule has 0 radical (unpaired) electrons. The molecule has 2 amide bonds. The van der Waals surface area contributed by atoms with E-state index in [4.69, 9.17) is 4.74 Å². The van der Waals surface area contributed by atoms with Gasteiger partial charge in [0.25, 0.3) is 0 Å². The molecule has 0 bridgehead atoms. The number of benzene rings is 1. The van der Waals surface area contributed by atoms with E-state index in [0.29, 0.717) is 0 Å². The molecule has 0 fully saturated rings. The van der Waals surface area contributed by atoms with Crippen molar-refractivity contribution in [1.29, 1.82) is 0 Å². The highest BCUT2D eigenvalue weighted by Crippen LogP contribution is 2.32. The van der Waals surface area contributed by atoms with E-state index in [-0.39, 0.29) is 18.3 Å². The number of aliphatic imine (C=N–C) groups is 1. The lowest BCUT2D eigenvalue weighted by Crippen LogP contribution is -2.52. The largest absolute Gasteiger partial charge is 0.444 e. The van der Waals surface area contributed by atoms with E-state index < -0.39 is 17.2 Å². The van der Waals surface area contributed by atoms with Crippen LogP contribution in [0.15, 0.2) is 35.3 Å². The second-order valence-corrected chi connectivity index (χ2v) is 6.83. The van der Waals surface area contributed by atoms with Gasteiger partial charge in [-0.15, -0.1) is 0 Å². The minimum absolute atomic E-state index is 0.114. The Morgan fingerprint density at radius 1 is 1.30 bits per heavy atom. The summed E-state index contributed by atoms with van der Waals surface area (Å²) in [5.41, 5.74) is -0.412. The molecule has 0 saturated carbocycles. The molecular formula is C17H23N3O3. The zero-order chi connectivity index (χ0) is 17.3. The number of carbonyl (C=O) groups excluding carboxylic acids is 2. The Balaban J connectivity index is 2.29. The summed E-state index contributed by atoms with van der Waals surface area (Å²) in [4.78, 5) is 30.2. The standard InChI is InChI=1S/C17H23N3O3/c1-16(2,3)23-15(22)18-14-19-17(4,11-13(21)20(14)5)12-9-7-6-8-10-12/h6-10H,11H2,1-5H3,(H,18,19,22)/t17-/m0/s1. The summed E-state index contributed by atoms with van der Waals surface area (Å²) in [6, 6.07) is 9.56. The first-order valence-corrected chi connectivity index (χ1v) is 7.53. The Bertz CT molecular complexity index is 634. The van der Waals surface area contributed by atoms with Crippen LogP contribution >= 0.6 is 0 Å². The first-order valence-electron chi connectivity index (χ1n) is 7.53. The molecule has 1 aromatic carbocycles. The summed E-state index contributed by atoms with van der Waals surface area (Å²) in [6.45, 7) is 7.21. The van der Waals surface area contributed by atoms with Crippen LogP contribution in [-0.2, 0) is 15.1 Å². The van der Waals surface area contributed by atoms with Crippen LogP contribution in [0.4, 0.5) is 4.79 Å². The molecule has 1 atom stereocenters. The number of rotatable bonds is 1. The van der Waals surface area contributed by atoms with E-state index in [1.807, 2.05) is 37.3 Å². The van der Waals surface area contributed by atoms with Crippen molar-refractivity contribution in [3.63, 3.8) is 0 Å². The minimum atomic E-state index is -0.713. The summed E-state index contributed by atoms with van der Waals surface area (Å²) in [6.07, 6.45) is -0.388. The maximum absolute atomic E-state index is 12.3. The lowest BCUT2D eigenvalue weighted by molar-refractivity contribution is -0.128. The van der Waals surface area contributed by atoms with Gasteiger partial charge in [-0.3, -0.25) is 15.0 Å². The highest BCUT2D eigenvalue weighted by Gasteiger charge is 2.37. The molecular weight excluding hydrogens is 294 g/mol. The van der Waals surface area contributed by atoms with E-state index in [1.54, 1.807) is 27.8 Å². The molecule has 2 rings (SSSR count). The molecule has 0 saturated heterocycles. The zero-order valence-electron chi connectivity index (χ0n) is 14.2. The number of guanidine groups is 1. The van der Waals surface area contributed by atoms with Crippen molar-refractivity contribution in [1.82, 2.24) is 10.2 Å². The fourth-order valence-electron chi connectivity index (χ4n) is 2.35. The molecule has 1 aromatic rings. The van der Waals surface area contributed by atoms with Gasteiger partial charge in [0, 0.05) is 7.05 Å². The van der Waals surface area contributed by atoms with Crippen LogP contribution in [-0.4, -0.2) is 35.5 Å². The maximum atomic E-state index is 12.3. The van der Waals surface area contributed by atoms with Crippen LogP contribution in [0.3, 0.4) is 0 Å². The van der Waals surface area contributed by atoms with Crippen LogP contribution < -0.4 is 5.32 Å². The molecule has 0 aromatic heterocycles. The monoisotopic (exact) mass is 317 g/mol. The second-order valence-electron chi connectivity index (χ2n) is 6.83. The molecule has 1 aliphatic heterocycles. The topological polar surface area (TPSA) is 71.0 Å². The summed E-state index contributed by atoms with van der Waals surface area (Å²) >= 11 is 0. The molecule has 1 heterocycles. The lowest BCUT2D eigenvalue weighted by Gasteiger charge is -2.35. The molecule has 0 unspecified atom stereocenters. The summed E-state index contributed by atoms with van der Waals surface area (Å²) in [5, 5.41) is 2.57. The summed E-state index contributed by atoms with van der Waals surface area (Å²) < 4.78 is 5.23. The number of ether oxygens (including phenoxy) is 1. The Kier molecular flexibility index (Phi) is 4.45. The zero-order valence-corrected chi connectivity index (χ0v) is 14.2. The van der Waals surface area contributed by atoms with Gasteiger partial charge in [0.05, 0.1) is 12.0 Å². The van der Waals surface area contributed by atoms with E-state index in [2.05, 4.69) is 10.3 Å². The first kappa shape index (κ1) is 17.0. The van der Waals surface area contributed by atoms with Gasteiger partial charge in [-0.1, -0.05) is 30.3 Å². The van der Waals surface area contributed by atoms with Gasteiger partial charge >= 0.3 is 6.09 Å². The maximum Gasteiger partial charge on any atom is 0.414 e. The van der Waals surface area contributed by atoms with Crippen molar-refractivity contribution in [2.24, 2.45) is 4.99 Å². The Morgan fingerprint density at radius 2 is 1.91 bits per heavy atom. The van der Waals surface area contributed by atoms with Crippen LogP contribution in [0.5, 0.6) is 0 Å². The van der Waals surface area contributed by atoms with Crippen molar-refractivity contribution >= 4 is 18.0 Å². The Morgan fingerprint density at radius 3 is 2.48 bits per heavy atom. The summed E-state index contributed by atoms with van der Waals surface area (Å²) in [7, 11) is 1.59. The molecule has 124 valence electrons. The fourth-order valence-corrected chi connectivity index (χ4v) is 2.35. The Hall–Kier alpha value is -2.37. The number of alkyl carbamates (subject to hydrolysis) is 1. The predicted molar refractivity (Wildman–Crippen MR) is 88.0 cm³/mol. The summed E-state index contributed by atoms with van der Waals surface area (Å²) in [5.74, 6) is 0.0827. The Labute approximate surface area is 136 Å². The molecule has 0 spiro atoms. The van der Waals surface area contributed by atoms with Gasteiger partial charge in [0.15, 0.2) is 0 Å². The van der Waals surface area contributed by atoms with E-state index >= 15 is 0 Å². The van der Waals surface area contributed by atoms with E-state index in [1.165, 1.54) is 4.90 Å². The van der Waals surface area contributed by atoms with Crippen molar-refractivity contribution in [3.8, 4) is 0 Å². The minimum Gasteiger partial charge on any atom is -0.444 e. The highest BCUT2D eigenvalue weighted by molar-refractivity contribution is 6.04. The average molecular weight is 317 g/mol. The average Bonchev–Trinajstić information content (AvgIpc) is 2.43. The molecule has 1 N–H and O–H groups in total. The highest BCUT2D eigenvalue weighted by atomic mass is 16.6. The number of carbonyl (C=O) groups is 2. The third kappa shape index (κ3) is 4.09. The third-order valence-electron chi connectivity index (χ3n) is 3.55. The number of nitrogens with one attached hydrogen (secondary N) is 1. The van der Waals surface area contributed by atoms with Crippen LogP contribution in [0.2, 0.25) is 0 Å². The van der Waals surface area contributed by atoms with E-state index in [0.717, 1.165) is 5.56 Å². The second kappa shape index (κ2) is 6.02. The van der Waals surface area contributed by atoms with Crippen LogP contribution in [0.1, 0.15) is 39.7 Å². The van der Waals surface area contributed by atoms with Gasteiger partial charge in [-0.05, 0) is 33.3 Å². The quantitative estimate of drug-likeness (QED) is 0.865. The van der Waals surface area contributed by atoms with Gasteiger partial charge in [-0.2, -0.15) is 0 Å². The van der Waals surface area contributed by atoms with Gasteiger partial charge in [0.2, 0.25) is 11.9 Å². The molecule has 23 heavy (non-hydrogen) atoms. The van der Waals surface area contributed by atoms with Crippen molar-refractivity contribution in [2.45, 2.75) is 45.3 Å². The van der Waals surface area contributed by atoms with Gasteiger partial charge < -0.3 is 4.74 Å². The number of nitrogens with zero attached hydrogens (tertiary/aromatic N) is 2. The first-order chi connectivity index (χ1) is 10.6. The molecule has 1 aliphatic rings. The van der Waals surface area contributed by atoms with Gasteiger partial charge in [0.1, 0.15) is 5.60 Å². The van der Waals surface area contributed by atoms with E-state index in [9.17, 15) is 9.59 Å². The lowest BCUT2D eigenvalue weighted by atomic mass is 9.88. The van der Waals surface area contributed by atoms with Crippen molar-refractivity contribution < 1.29 is 14.3 Å².